The summed E-state index contributed by atoms with van der Waals surface area (Å²) < 4.78 is 0.404. The van der Waals surface area contributed by atoms with Crippen LogP contribution in [0.25, 0.3) is 0 Å². The van der Waals surface area contributed by atoms with Crippen LogP contribution < -0.4 is 0 Å². The minimum Gasteiger partial charge on any atom is -0.303 e. The Hall–Kier alpha value is 0.310. The monoisotopic (exact) mass is 301 g/mol. The third-order valence-electron chi connectivity index (χ3n) is 3.94. The molecule has 0 N–H and O–H groups in total. The predicted molar refractivity (Wildman–Crippen MR) is 96.8 cm³/mol. The van der Waals surface area contributed by atoms with E-state index in [-0.39, 0.29) is 0 Å². The molecule has 0 unspecified atom stereocenters. The Labute approximate surface area is 133 Å². The topological polar surface area (TPSA) is 3.24 Å². The van der Waals surface area contributed by atoms with Crippen molar-refractivity contribution in [1.29, 1.82) is 0 Å². The van der Waals surface area contributed by atoms with Crippen LogP contribution >= 0.6 is 11.8 Å². The molecule has 0 rings (SSSR count). The van der Waals surface area contributed by atoms with Crippen LogP contribution in [-0.2, 0) is 0 Å². The smallest absolute Gasteiger partial charge is 0.0113 e. The SMILES string of the molecule is CSC(C)(C)CCN(CCC(C)(C)C)CCC(C)(C)C. The van der Waals surface area contributed by atoms with Crippen molar-refractivity contribution in [2.45, 2.75) is 79.4 Å². The Balaban J connectivity index is 4.39. The largest absolute Gasteiger partial charge is 0.303 e. The van der Waals surface area contributed by atoms with Crippen molar-refractivity contribution < 1.29 is 0 Å². The summed E-state index contributed by atoms with van der Waals surface area (Å²) in [5.74, 6) is 0. The van der Waals surface area contributed by atoms with E-state index in [1.807, 2.05) is 11.8 Å². The first kappa shape index (κ1) is 20.3. The summed E-state index contributed by atoms with van der Waals surface area (Å²) in [6, 6.07) is 0. The second-order valence-electron chi connectivity index (χ2n) is 9.18. The van der Waals surface area contributed by atoms with Crippen molar-refractivity contribution in [3.63, 3.8) is 0 Å². The van der Waals surface area contributed by atoms with Crippen LogP contribution in [0, 0.1) is 10.8 Å². The summed E-state index contributed by atoms with van der Waals surface area (Å²) in [7, 11) is 0. The second-order valence-corrected chi connectivity index (χ2v) is 10.7. The van der Waals surface area contributed by atoms with Crippen molar-refractivity contribution >= 4 is 11.8 Å². The molecule has 0 radical (unpaired) electrons. The molecule has 1 nitrogen and oxygen atoms in total. The van der Waals surface area contributed by atoms with Gasteiger partial charge >= 0.3 is 0 Å². The first-order chi connectivity index (χ1) is 8.85. The molecule has 0 aliphatic rings. The lowest BCUT2D eigenvalue weighted by molar-refractivity contribution is 0.194. The highest BCUT2D eigenvalue weighted by Crippen LogP contribution is 2.27. The molecular weight excluding hydrogens is 262 g/mol. The van der Waals surface area contributed by atoms with Crippen LogP contribution in [0.4, 0.5) is 0 Å². The summed E-state index contributed by atoms with van der Waals surface area (Å²) in [6.45, 7) is 22.5. The average Bonchev–Trinajstić information content (AvgIpc) is 2.25. The fourth-order valence-corrected chi connectivity index (χ4v) is 2.15. The first-order valence-corrected chi connectivity index (χ1v) is 9.35. The highest BCUT2D eigenvalue weighted by atomic mass is 32.2. The van der Waals surface area contributed by atoms with E-state index in [2.05, 4.69) is 66.5 Å². The summed E-state index contributed by atoms with van der Waals surface area (Å²) in [6.07, 6.45) is 6.09. The number of thioether (sulfide) groups is 1. The maximum Gasteiger partial charge on any atom is 0.0113 e. The zero-order chi connectivity index (χ0) is 16.0. The highest BCUT2D eigenvalue weighted by Gasteiger charge is 2.20. The molecule has 0 saturated carbocycles. The van der Waals surface area contributed by atoms with Gasteiger partial charge in [0.25, 0.3) is 0 Å². The molecule has 2 heteroatoms. The van der Waals surface area contributed by atoms with E-state index < -0.39 is 0 Å². The lowest BCUT2D eigenvalue weighted by Crippen LogP contribution is -2.34. The molecule has 20 heavy (non-hydrogen) atoms. The Bertz CT molecular complexity index is 240. The van der Waals surface area contributed by atoms with Gasteiger partial charge in [-0.05, 0) is 56.0 Å². The van der Waals surface area contributed by atoms with Gasteiger partial charge in [-0.15, -0.1) is 0 Å². The number of rotatable bonds is 8. The van der Waals surface area contributed by atoms with Gasteiger partial charge in [0.05, 0.1) is 0 Å². The van der Waals surface area contributed by atoms with Gasteiger partial charge in [0.15, 0.2) is 0 Å². The second kappa shape index (κ2) is 8.08. The van der Waals surface area contributed by atoms with E-state index in [4.69, 9.17) is 0 Å². The van der Waals surface area contributed by atoms with E-state index in [1.165, 1.54) is 38.9 Å². The molecule has 0 fully saturated rings. The van der Waals surface area contributed by atoms with E-state index in [1.54, 1.807) is 0 Å². The Morgan fingerprint density at radius 2 is 1.00 bits per heavy atom. The van der Waals surface area contributed by atoms with Crippen LogP contribution in [0.2, 0.25) is 0 Å². The van der Waals surface area contributed by atoms with Crippen LogP contribution in [0.15, 0.2) is 0 Å². The van der Waals surface area contributed by atoms with Gasteiger partial charge in [0.2, 0.25) is 0 Å². The number of hydrogen-bond donors (Lipinski definition) is 0. The maximum absolute atomic E-state index is 2.69. The zero-order valence-electron chi connectivity index (χ0n) is 15.6. The molecule has 0 amide bonds. The molecule has 0 bridgehead atoms. The Kier molecular flexibility index (Phi) is 8.20. The van der Waals surface area contributed by atoms with Gasteiger partial charge < -0.3 is 4.90 Å². The Morgan fingerprint density at radius 1 is 0.650 bits per heavy atom. The molecule has 0 aromatic rings. The lowest BCUT2D eigenvalue weighted by atomic mass is 9.90. The zero-order valence-corrected chi connectivity index (χ0v) is 16.4. The molecular formula is C18H39NS. The van der Waals surface area contributed by atoms with E-state index >= 15 is 0 Å². The number of nitrogens with zero attached hydrogens (tertiary/aromatic N) is 1. The third-order valence-corrected chi connectivity index (χ3v) is 5.25. The predicted octanol–water partition coefficient (Wildman–Crippen LogP) is 5.69. The molecule has 0 aromatic heterocycles. The van der Waals surface area contributed by atoms with Gasteiger partial charge in [0, 0.05) is 4.75 Å². The average molecular weight is 302 g/mol. The van der Waals surface area contributed by atoms with E-state index in [0.29, 0.717) is 15.6 Å². The van der Waals surface area contributed by atoms with Crippen LogP contribution in [0.1, 0.15) is 74.7 Å². The van der Waals surface area contributed by atoms with Crippen molar-refractivity contribution in [3.8, 4) is 0 Å². The van der Waals surface area contributed by atoms with Gasteiger partial charge in [0.1, 0.15) is 0 Å². The van der Waals surface area contributed by atoms with Crippen LogP contribution in [-0.4, -0.2) is 35.5 Å². The summed E-state index contributed by atoms with van der Waals surface area (Å²) in [5.41, 5.74) is 0.879. The molecule has 122 valence electrons. The van der Waals surface area contributed by atoms with E-state index in [9.17, 15) is 0 Å². The maximum atomic E-state index is 2.69. The molecule has 0 atom stereocenters. The van der Waals surface area contributed by atoms with Crippen molar-refractivity contribution in [1.82, 2.24) is 4.90 Å². The minimum absolute atomic E-state index is 0.404. The minimum atomic E-state index is 0.404. The summed E-state index contributed by atoms with van der Waals surface area (Å²) >= 11 is 1.99. The quantitative estimate of drug-likeness (QED) is 0.566. The molecule has 0 aliphatic heterocycles. The van der Waals surface area contributed by atoms with Gasteiger partial charge in [-0.1, -0.05) is 55.4 Å². The standard InChI is InChI=1S/C18H39NS/c1-16(2,3)10-13-19(14-11-17(4,5)6)15-12-18(7,8)20-9/h10-15H2,1-9H3. The van der Waals surface area contributed by atoms with Crippen molar-refractivity contribution in [3.05, 3.63) is 0 Å². The van der Waals surface area contributed by atoms with Crippen LogP contribution in [0.3, 0.4) is 0 Å². The molecule has 0 aliphatic carbocycles. The summed E-state index contributed by atoms with van der Waals surface area (Å²) in [4.78, 5) is 2.69. The van der Waals surface area contributed by atoms with Crippen LogP contribution in [0.5, 0.6) is 0 Å². The molecule has 0 saturated heterocycles. The highest BCUT2D eigenvalue weighted by molar-refractivity contribution is 7.99. The lowest BCUT2D eigenvalue weighted by Gasteiger charge is -2.32. The van der Waals surface area contributed by atoms with Gasteiger partial charge in [-0.25, -0.2) is 0 Å². The fourth-order valence-electron chi connectivity index (χ4n) is 1.85. The molecule has 0 spiro atoms. The molecule has 0 heterocycles. The van der Waals surface area contributed by atoms with Gasteiger partial charge in [-0.2, -0.15) is 11.8 Å². The van der Waals surface area contributed by atoms with Gasteiger partial charge in [-0.3, -0.25) is 0 Å². The Morgan fingerprint density at radius 3 is 1.30 bits per heavy atom. The normalized spacial score (nSPS) is 14.1. The van der Waals surface area contributed by atoms with E-state index in [0.717, 1.165) is 0 Å². The molecule has 0 aromatic carbocycles. The van der Waals surface area contributed by atoms with Crippen molar-refractivity contribution in [2.24, 2.45) is 10.8 Å². The third kappa shape index (κ3) is 12.1. The fraction of sp³-hybridized carbons (Fsp3) is 1.00. The van der Waals surface area contributed by atoms with Crippen molar-refractivity contribution in [2.75, 3.05) is 25.9 Å². The summed E-state index contributed by atoms with van der Waals surface area (Å²) in [5, 5.41) is 0. The number of hydrogen-bond acceptors (Lipinski definition) is 2. The first-order valence-electron chi connectivity index (χ1n) is 8.12.